The number of benzene rings is 1. The summed E-state index contributed by atoms with van der Waals surface area (Å²) < 4.78 is 10.5. The predicted molar refractivity (Wildman–Crippen MR) is 59.5 cm³/mol. The van der Waals surface area contributed by atoms with Crippen molar-refractivity contribution < 1.29 is 14.6 Å². The quantitative estimate of drug-likeness (QED) is 0.808. The Morgan fingerprint density at radius 2 is 2.00 bits per heavy atom. The Morgan fingerprint density at radius 1 is 1.27 bits per heavy atom. The van der Waals surface area contributed by atoms with Gasteiger partial charge in [-0.25, -0.2) is 0 Å². The minimum Gasteiger partial charge on any atom is -0.493 e. The number of aliphatic hydroxyl groups excluding tert-OH is 1. The molecule has 1 atom stereocenters. The molecule has 0 fully saturated rings. The zero-order chi connectivity index (χ0) is 11.3. The fourth-order valence-electron chi connectivity index (χ4n) is 1.51. The van der Waals surface area contributed by atoms with Gasteiger partial charge in [0, 0.05) is 12.0 Å². The summed E-state index contributed by atoms with van der Waals surface area (Å²) in [6.45, 7) is 1.96. The number of rotatable bonds is 5. The minimum atomic E-state index is -0.328. The molecule has 3 nitrogen and oxygen atoms in total. The van der Waals surface area contributed by atoms with E-state index in [1.165, 1.54) is 0 Å². The average Bonchev–Trinajstić information content (AvgIpc) is 2.28. The van der Waals surface area contributed by atoms with Crippen molar-refractivity contribution in [1.29, 1.82) is 0 Å². The van der Waals surface area contributed by atoms with E-state index < -0.39 is 0 Å². The van der Waals surface area contributed by atoms with Crippen LogP contribution in [0, 0.1) is 0 Å². The number of aliphatic hydroxyl groups is 1. The summed E-state index contributed by atoms with van der Waals surface area (Å²) >= 11 is 0. The van der Waals surface area contributed by atoms with Crippen molar-refractivity contribution >= 4 is 0 Å². The number of methoxy groups -OCH3 is 2. The third-order valence-electron chi connectivity index (χ3n) is 2.41. The van der Waals surface area contributed by atoms with Gasteiger partial charge >= 0.3 is 0 Å². The first kappa shape index (κ1) is 11.9. The molecular formula is C12H18O3. The fourth-order valence-corrected chi connectivity index (χ4v) is 1.51. The van der Waals surface area contributed by atoms with E-state index in [4.69, 9.17) is 9.47 Å². The first-order chi connectivity index (χ1) is 7.22. The van der Waals surface area contributed by atoms with Gasteiger partial charge in [0.25, 0.3) is 0 Å². The number of hydrogen-bond acceptors (Lipinski definition) is 3. The summed E-state index contributed by atoms with van der Waals surface area (Å²) in [6, 6.07) is 5.69. The Kier molecular flexibility index (Phi) is 4.43. The third kappa shape index (κ3) is 2.86. The minimum absolute atomic E-state index is 0.328. The summed E-state index contributed by atoms with van der Waals surface area (Å²) in [6.07, 6.45) is 1.00. The summed E-state index contributed by atoms with van der Waals surface area (Å²) in [4.78, 5) is 0. The molecule has 0 saturated carbocycles. The van der Waals surface area contributed by atoms with Gasteiger partial charge in [-0.2, -0.15) is 0 Å². The Balaban J connectivity index is 2.95. The zero-order valence-corrected chi connectivity index (χ0v) is 9.49. The fraction of sp³-hybridized carbons (Fsp3) is 0.500. The van der Waals surface area contributed by atoms with Crippen molar-refractivity contribution in [3.8, 4) is 11.5 Å². The van der Waals surface area contributed by atoms with Gasteiger partial charge in [-0.05, 0) is 12.5 Å². The second kappa shape index (κ2) is 5.61. The van der Waals surface area contributed by atoms with Crippen LogP contribution in [0.3, 0.4) is 0 Å². The second-order valence-electron chi connectivity index (χ2n) is 3.42. The van der Waals surface area contributed by atoms with Crippen LogP contribution in [-0.4, -0.2) is 25.4 Å². The van der Waals surface area contributed by atoms with Crippen molar-refractivity contribution in [2.45, 2.75) is 25.9 Å². The van der Waals surface area contributed by atoms with Crippen molar-refractivity contribution in [2.75, 3.05) is 14.2 Å². The molecule has 0 unspecified atom stereocenters. The van der Waals surface area contributed by atoms with Gasteiger partial charge in [0.15, 0.2) is 11.5 Å². The molecule has 0 heterocycles. The molecule has 0 radical (unpaired) electrons. The lowest BCUT2D eigenvalue weighted by molar-refractivity contribution is 0.169. The van der Waals surface area contributed by atoms with Crippen LogP contribution in [0.15, 0.2) is 18.2 Å². The number of ether oxygens (including phenoxy) is 2. The molecule has 0 spiro atoms. The van der Waals surface area contributed by atoms with E-state index >= 15 is 0 Å². The molecule has 0 saturated heterocycles. The van der Waals surface area contributed by atoms with Crippen LogP contribution >= 0.6 is 0 Å². The lowest BCUT2D eigenvalue weighted by Gasteiger charge is -2.14. The van der Waals surface area contributed by atoms with E-state index in [0.717, 1.165) is 12.0 Å². The summed E-state index contributed by atoms with van der Waals surface area (Å²) in [5.41, 5.74) is 0.978. The van der Waals surface area contributed by atoms with Gasteiger partial charge in [-0.3, -0.25) is 0 Å². The second-order valence-corrected chi connectivity index (χ2v) is 3.42. The van der Waals surface area contributed by atoms with E-state index in [1.807, 2.05) is 25.1 Å². The third-order valence-corrected chi connectivity index (χ3v) is 2.41. The Bertz CT molecular complexity index is 310. The van der Waals surface area contributed by atoms with Gasteiger partial charge in [0.05, 0.1) is 20.3 Å². The van der Waals surface area contributed by atoms with Crippen LogP contribution in [0.25, 0.3) is 0 Å². The molecule has 0 aliphatic carbocycles. The van der Waals surface area contributed by atoms with E-state index in [9.17, 15) is 5.11 Å². The molecule has 0 aromatic heterocycles. The SMILES string of the molecule is CC[C@@H](O)Cc1cccc(OC)c1OC. The molecule has 0 aliphatic rings. The topological polar surface area (TPSA) is 38.7 Å². The molecule has 1 aromatic carbocycles. The molecule has 15 heavy (non-hydrogen) atoms. The first-order valence-electron chi connectivity index (χ1n) is 5.10. The lowest BCUT2D eigenvalue weighted by Crippen LogP contribution is -2.09. The smallest absolute Gasteiger partial charge is 0.163 e. The molecule has 1 N–H and O–H groups in total. The van der Waals surface area contributed by atoms with Crippen LogP contribution in [0.1, 0.15) is 18.9 Å². The van der Waals surface area contributed by atoms with Crippen LogP contribution in [0.2, 0.25) is 0 Å². The molecule has 3 heteroatoms. The van der Waals surface area contributed by atoms with E-state index in [2.05, 4.69) is 0 Å². The highest BCUT2D eigenvalue weighted by atomic mass is 16.5. The van der Waals surface area contributed by atoms with Gasteiger partial charge in [-0.1, -0.05) is 19.1 Å². The Morgan fingerprint density at radius 3 is 2.53 bits per heavy atom. The van der Waals surface area contributed by atoms with Crippen molar-refractivity contribution in [3.63, 3.8) is 0 Å². The monoisotopic (exact) mass is 210 g/mol. The highest BCUT2D eigenvalue weighted by Crippen LogP contribution is 2.31. The standard InChI is InChI=1S/C12H18O3/c1-4-10(13)8-9-6-5-7-11(14-2)12(9)15-3/h5-7,10,13H,4,8H2,1-3H3/t10-/m1/s1. The van der Waals surface area contributed by atoms with Crippen molar-refractivity contribution in [1.82, 2.24) is 0 Å². The van der Waals surface area contributed by atoms with Crippen LogP contribution in [0.5, 0.6) is 11.5 Å². The van der Waals surface area contributed by atoms with Crippen LogP contribution in [0.4, 0.5) is 0 Å². The highest BCUT2D eigenvalue weighted by molar-refractivity contribution is 5.46. The molecule has 0 aliphatic heterocycles. The van der Waals surface area contributed by atoms with Gasteiger partial charge in [0.1, 0.15) is 0 Å². The predicted octanol–water partition coefficient (Wildman–Crippen LogP) is 2.02. The van der Waals surface area contributed by atoms with Gasteiger partial charge in [-0.15, -0.1) is 0 Å². The highest BCUT2D eigenvalue weighted by Gasteiger charge is 2.12. The Hall–Kier alpha value is -1.22. The van der Waals surface area contributed by atoms with Gasteiger partial charge < -0.3 is 14.6 Å². The maximum Gasteiger partial charge on any atom is 0.163 e. The van der Waals surface area contributed by atoms with Crippen molar-refractivity contribution in [3.05, 3.63) is 23.8 Å². The first-order valence-corrected chi connectivity index (χ1v) is 5.10. The maximum absolute atomic E-state index is 9.60. The van der Waals surface area contributed by atoms with E-state index in [1.54, 1.807) is 14.2 Å². The molecule has 84 valence electrons. The normalized spacial score (nSPS) is 12.3. The van der Waals surface area contributed by atoms with Crippen LogP contribution < -0.4 is 9.47 Å². The number of para-hydroxylation sites is 1. The largest absolute Gasteiger partial charge is 0.493 e. The van der Waals surface area contributed by atoms with E-state index in [-0.39, 0.29) is 6.10 Å². The van der Waals surface area contributed by atoms with Crippen LogP contribution in [-0.2, 0) is 6.42 Å². The zero-order valence-electron chi connectivity index (χ0n) is 9.49. The number of hydrogen-bond donors (Lipinski definition) is 1. The average molecular weight is 210 g/mol. The van der Waals surface area contributed by atoms with Gasteiger partial charge in [0.2, 0.25) is 0 Å². The summed E-state index contributed by atoms with van der Waals surface area (Å²) in [5.74, 6) is 1.42. The summed E-state index contributed by atoms with van der Waals surface area (Å²) in [5, 5.41) is 9.60. The summed E-state index contributed by atoms with van der Waals surface area (Å²) in [7, 11) is 3.22. The molecular weight excluding hydrogens is 192 g/mol. The maximum atomic E-state index is 9.60. The molecule has 1 rings (SSSR count). The van der Waals surface area contributed by atoms with Crippen molar-refractivity contribution in [2.24, 2.45) is 0 Å². The Labute approximate surface area is 90.6 Å². The molecule has 1 aromatic rings. The molecule has 0 amide bonds. The van der Waals surface area contributed by atoms with E-state index in [0.29, 0.717) is 17.9 Å². The molecule has 0 bridgehead atoms. The lowest BCUT2D eigenvalue weighted by atomic mass is 10.0.